The summed E-state index contributed by atoms with van der Waals surface area (Å²) in [5, 5.41) is 9.03. The van der Waals surface area contributed by atoms with E-state index in [1.54, 1.807) is 6.92 Å². The molecule has 1 aromatic heterocycles. The lowest BCUT2D eigenvalue weighted by atomic mass is 9.94. The molecule has 2 aromatic carbocycles. The minimum absolute atomic E-state index is 0.0190. The molecule has 0 unspecified atom stereocenters. The molecule has 0 saturated carbocycles. The van der Waals surface area contributed by atoms with Crippen LogP contribution in [0.15, 0.2) is 48.5 Å². The van der Waals surface area contributed by atoms with Gasteiger partial charge in [-0.05, 0) is 32.4 Å². The summed E-state index contributed by atoms with van der Waals surface area (Å²) in [6, 6.07) is 16.1. The Morgan fingerprint density at radius 2 is 1.65 bits per heavy atom. The van der Waals surface area contributed by atoms with Gasteiger partial charge in [0.25, 0.3) is 0 Å². The number of anilines is 1. The van der Waals surface area contributed by atoms with Crippen LogP contribution >= 0.6 is 0 Å². The first kappa shape index (κ1) is 16.5. The third-order valence-electron chi connectivity index (χ3n) is 4.74. The molecule has 3 aromatic rings. The Morgan fingerprint density at radius 3 is 2.35 bits per heavy atom. The van der Waals surface area contributed by atoms with Crippen LogP contribution in [0.4, 0.5) is 5.69 Å². The van der Waals surface area contributed by atoms with Crippen LogP contribution in [0.1, 0.15) is 33.3 Å². The summed E-state index contributed by atoms with van der Waals surface area (Å²) in [5.41, 5.74) is 5.55. The molecule has 2 heterocycles. The number of hydrogen-bond acceptors (Lipinski definition) is 3. The van der Waals surface area contributed by atoms with Gasteiger partial charge in [0, 0.05) is 18.1 Å². The lowest BCUT2D eigenvalue weighted by Crippen LogP contribution is -2.30. The molecule has 0 saturated heterocycles. The predicted molar refractivity (Wildman–Crippen MR) is 103 cm³/mol. The summed E-state index contributed by atoms with van der Waals surface area (Å²) in [5.74, 6) is 0.0190. The number of amides is 1. The van der Waals surface area contributed by atoms with Crippen LogP contribution in [-0.2, 0) is 16.9 Å². The summed E-state index contributed by atoms with van der Waals surface area (Å²) in [4.78, 5) is 14.3. The van der Waals surface area contributed by atoms with E-state index < -0.39 is 0 Å². The van der Waals surface area contributed by atoms with Gasteiger partial charge >= 0.3 is 0 Å². The minimum atomic E-state index is -0.233. The number of benzene rings is 2. The van der Waals surface area contributed by atoms with E-state index in [2.05, 4.69) is 43.2 Å². The fraction of sp³-hybridized carbons (Fsp3) is 0.286. The normalized spacial score (nSPS) is 13.3. The highest BCUT2D eigenvalue weighted by Crippen LogP contribution is 2.42. The molecule has 0 N–H and O–H groups in total. The van der Waals surface area contributed by atoms with Crippen LogP contribution in [-0.4, -0.2) is 20.9 Å². The number of para-hydroxylation sites is 1. The second-order valence-electron chi connectivity index (χ2n) is 7.65. The van der Waals surface area contributed by atoms with Crippen molar-refractivity contribution < 1.29 is 4.79 Å². The number of hydrogen-bond donors (Lipinski definition) is 0. The zero-order valence-corrected chi connectivity index (χ0v) is 15.5. The number of rotatable bonds is 0. The third kappa shape index (κ3) is 2.51. The molecule has 0 fully saturated rings. The van der Waals surface area contributed by atoms with Gasteiger partial charge < -0.3 is 4.90 Å². The van der Waals surface area contributed by atoms with Gasteiger partial charge in [0.2, 0.25) is 5.91 Å². The Morgan fingerprint density at radius 1 is 1.00 bits per heavy atom. The van der Waals surface area contributed by atoms with Crippen molar-refractivity contribution in [2.24, 2.45) is 0 Å². The van der Waals surface area contributed by atoms with E-state index in [1.165, 1.54) is 0 Å². The van der Waals surface area contributed by atoms with E-state index in [0.717, 1.165) is 33.8 Å². The van der Waals surface area contributed by atoms with Gasteiger partial charge in [-0.15, -0.1) is 5.10 Å². The third-order valence-corrected chi connectivity index (χ3v) is 4.74. The topological polar surface area (TPSA) is 51.0 Å². The average Bonchev–Trinajstić information content (AvgIpc) is 3.03. The van der Waals surface area contributed by atoms with Crippen LogP contribution in [0.3, 0.4) is 0 Å². The van der Waals surface area contributed by atoms with Gasteiger partial charge in [0.05, 0.1) is 23.5 Å². The van der Waals surface area contributed by atoms with E-state index in [4.69, 9.17) is 0 Å². The van der Waals surface area contributed by atoms with Crippen molar-refractivity contribution in [3.05, 3.63) is 54.1 Å². The number of fused-ring (bicyclic) bond motifs is 5. The minimum Gasteiger partial charge on any atom is -0.308 e. The Labute approximate surface area is 153 Å². The quantitative estimate of drug-likeness (QED) is 0.612. The first-order valence-electron chi connectivity index (χ1n) is 8.80. The first-order chi connectivity index (χ1) is 12.4. The molecule has 132 valence electrons. The molecule has 0 radical (unpaired) electrons. The maximum atomic E-state index is 12.5. The van der Waals surface area contributed by atoms with Crippen molar-refractivity contribution in [2.45, 2.75) is 39.8 Å². The summed E-state index contributed by atoms with van der Waals surface area (Å²) >= 11 is 0. The van der Waals surface area contributed by atoms with Crippen molar-refractivity contribution in [1.82, 2.24) is 15.0 Å². The molecule has 1 aliphatic heterocycles. The number of nitrogens with zero attached hydrogens (tertiary/aromatic N) is 4. The van der Waals surface area contributed by atoms with Crippen molar-refractivity contribution in [3.8, 4) is 22.5 Å². The van der Waals surface area contributed by atoms with Crippen LogP contribution < -0.4 is 4.90 Å². The molecular formula is C21H22N4O. The van der Waals surface area contributed by atoms with Gasteiger partial charge in [-0.1, -0.05) is 47.7 Å². The lowest BCUT2D eigenvalue weighted by molar-refractivity contribution is -0.116. The van der Waals surface area contributed by atoms with E-state index in [0.29, 0.717) is 6.54 Å². The molecule has 0 atom stereocenters. The van der Waals surface area contributed by atoms with Crippen molar-refractivity contribution in [3.63, 3.8) is 0 Å². The zero-order valence-electron chi connectivity index (χ0n) is 15.5. The van der Waals surface area contributed by atoms with Crippen LogP contribution in [0.5, 0.6) is 0 Å². The van der Waals surface area contributed by atoms with Crippen LogP contribution in [0.2, 0.25) is 0 Å². The highest BCUT2D eigenvalue weighted by atomic mass is 16.2. The maximum absolute atomic E-state index is 12.5. The molecule has 26 heavy (non-hydrogen) atoms. The van der Waals surface area contributed by atoms with Crippen molar-refractivity contribution in [2.75, 3.05) is 4.90 Å². The largest absolute Gasteiger partial charge is 0.308 e. The number of aromatic nitrogens is 3. The molecule has 1 amide bonds. The molecule has 5 heteroatoms. The molecule has 1 aliphatic rings. The number of carbonyl (C=O) groups is 1. The summed E-state index contributed by atoms with van der Waals surface area (Å²) < 4.78 is 1.96. The Balaban J connectivity index is 2.13. The predicted octanol–water partition coefficient (Wildman–Crippen LogP) is 4.23. The zero-order chi connectivity index (χ0) is 18.5. The Kier molecular flexibility index (Phi) is 3.68. The monoisotopic (exact) mass is 346 g/mol. The molecule has 5 nitrogen and oxygen atoms in total. The number of carbonyl (C=O) groups excluding carboxylic acids is 1. The van der Waals surface area contributed by atoms with E-state index in [1.807, 2.05) is 46.0 Å². The van der Waals surface area contributed by atoms with Crippen LogP contribution in [0.25, 0.3) is 22.5 Å². The molecule has 0 bridgehead atoms. The van der Waals surface area contributed by atoms with Gasteiger partial charge in [0.15, 0.2) is 0 Å². The Bertz CT molecular complexity index is 997. The lowest BCUT2D eigenvalue weighted by Gasteiger charge is -2.29. The highest BCUT2D eigenvalue weighted by Gasteiger charge is 2.30. The average molecular weight is 346 g/mol. The molecule has 0 aliphatic carbocycles. The molecule has 0 spiro atoms. The van der Waals surface area contributed by atoms with Gasteiger partial charge in [-0.2, -0.15) is 0 Å². The second kappa shape index (κ2) is 5.80. The van der Waals surface area contributed by atoms with E-state index in [-0.39, 0.29) is 11.4 Å². The second-order valence-corrected chi connectivity index (χ2v) is 7.65. The van der Waals surface area contributed by atoms with E-state index >= 15 is 0 Å². The maximum Gasteiger partial charge on any atom is 0.224 e. The first-order valence-corrected chi connectivity index (χ1v) is 8.80. The fourth-order valence-electron chi connectivity index (χ4n) is 3.51. The summed E-state index contributed by atoms with van der Waals surface area (Å²) in [7, 11) is 0. The fourth-order valence-corrected chi connectivity index (χ4v) is 3.51. The van der Waals surface area contributed by atoms with E-state index in [9.17, 15) is 4.79 Å². The summed E-state index contributed by atoms with van der Waals surface area (Å²) in [6.45, 7) is 8.46. The smallest absolute Gasteiger partial charge is 0.224 e. The highest BCUT2D eigenvalue weighted by molar-refractivity contribution is 5.99. The van der Waals surface area contributed by atoms with Crippen molar-refractivity contribution >= 4 is 11.6 Å². The van der Waals surface area contributed by atoms with Gasteiger partial charge in [0.1, 0.15) is 5.69 Å². The van der Waals surface area contributed by atoms with Gasteiger partial charge in [-0.25, -0.2) is 4.68 Å². The molecular weight excluding hydrogens is 324 g/mol. The Hall–Kier alpha value is -2.95. The van der Waals surface area contributed by atoms with Crippen molar-refractivity contribution in [1.29, 1.82) is 0 Å². The van der Waals surface area contributed by atoms with Crippen LogP contribution in [0, 0.1) is 0 Å². The van der Waals surface area contributed by atoms with Gasteiger partial charge in [-0.3, -0.25) is 4.79 Å². The summed E-state index contributed by atoms with van der Waals surface area (Å²) in [6.07, 6.45) is 0. The SMILES string of the molecule is CC(=O)N1Cc2ccccc2-c2nnn(C(C)(C)C)c2-c2ccccc21. The standard InChI is InChI=1S/C21H22N4O/c1-14(26)24-13-15-9-5-6-10-16(15)19-20(17-11-7-8-12-18(17)24)25(23-22-19)21(2,3)4/h5-12H,13H2,1-4H3. The molecule has 4 rings (SSSR count).